The van der Waals surface area contributed by atoms with Gasteiger partial charge in [-0.25, -0.2) is 0 Å². The largest absolute Gasteiger partial charge is 0.490 e. The van der Waals surface area contributed by atoms with Crippen LogP contribution in [0.3, 0.4) is 0 Å². The molecule has 0 radical (unpaired) electrons. The highest BCUT2D eigenvalue weighted by molar-refractivity contribution is 6.00. The Labute approximate surface area is 175 Å². The van der Waals surface area contributed by atoms with E-state index in [0.29, 0.717) is 36.4 Å². The Balaban J connectivity index is 2.12. The third kappa shape index (κ3) is 5.90. The molecule has 0 unspecified atom stereocenters. The van der Waals surface area contributed by atoms with Crippen molar-refractivity contribution in [2.75, 3.05) is 13.2 Å². The molecule has 2 aromatic rings. The summed E-state index contributed by atoms with van der Waals surface area (Å²) in [6, 6.07) is 12.2. The molecule has 0 fully saturated rings. The molecule has 0 aliphatic rings. The highest BCUT2D eigenvalue weighted by Gasteiger charge is 2.71. The van der Waals surface area contributed by atoms with Gasteiger partial charge in [0.1, 0.15) is 12.4 Å². The van der Waals surface area contributed by atoms with Gasteiger partial charge >= 0.3 is 12.4 Å². The SMILES string of the molecule is CCCC(=NOCCOc1ccccc1)c1ccc(C(O)(C(F)(F)F)C(F)(F)F)cc1. The highest BCUT2D eigenvalue weighted by Crippen LogP contribution is 2.49. The van der Waals surface area contributed by atoms with Crippen molar-refractivity contribution in [3.05, 3.63) is 65.7 Å². The number of aliphatic hydroxyl groups is 1. The Morgan fingerprint density at radius 1 is 0.871 bits per heavy atom. The van der Waals surface area contributed by atoms with E-state index in [1.807, 2.05) is 13.0 Å². The lowest BCUT2D eigenvalue weighted by Crippen LogP contribution is -2.53. The van der Waals surface area contributed by atoms with Crippen LogP contribution in [0.2, 0.25) is 0 Å². The number of ether oxygens (including phenoxy) is 1. The molecular weight excluding hydrogens is 428 g/mol. The van der Waals surface area contributed by atoms with Crippen LogP contribution in [0.4, 0.5) is 26.3 Å². The van der Waals surface area contributed by atoms with Gasteiger partial charge in [-0.15, -0.1) is 0 Å². The van der Waals surface area contributed by atoms with Crippen LogP contribution in [0, 0.1) is 0 Å². The summed E-state index contributed by atoms with van der Waals surface area (Å²) in [6.45, 7) is 2.10. The fourth-order valence-electron chi connectivity index (χ4n) is 2.71. The van der Waals surface area contributed by atoms with Crippen molar-refractivity contribution in [1.29, 1.82) is 0 Å². The zero-order chi connectivity index (χ0) is 23.1. The summed E-state index contributed by atoms with van der Waals surface area (Å²) in [5, 5.41) is 13.4. The van der Waals surface area contributed by atoms with Gasteiger partial charge in [0.25, 0.3) is 5.60 Å². The van der Waals surface area contributed by atoms with E-state index in [1.54, 1.807) is 24.3 Å². The average molecular weight is 449 g/mol. The van der Waals surface area contributed by atoms with E-state index in [9.17, 15) is 31.4 Å². The molecule has 0 saturated carbocycles. The fraction of sp³-hybridized carbons (Fsp3) is 0.381. The Bertz CT molecular complexity index is 834. The fourth-order valence-corrected chi connectivity index (χ4v) is 2.71. The molecule has 4 nitrogen and oxygen atoms in total. The highest BCUT2D eigenvalue weighted by atomic mass is 19.4. The van der Waals surface area contributed by atoms with E-state index in [0.717, 1.165) is 12.1 Å². The van der Waals surface area contributed by atoms with E-state index in [-0.39, 0.29) is 18.8 Å². The van der Waals surface area contributed by atoms with Gasteiger partial charge in [-0.3, -0.25) is 0 Å². The molecule has 0 aliphatic carbocycles. The van der Waals surface area contributed by atoms with Gasteiger partial charge in [-0.2, -0.15) is 26.3 Å². The second-order valence-electron chi connectivity index (χ2n) is 6.57. The maximum Gasteiger partial charge on any atom is 0.430 e. The average Bonchev–Trinajstić information content (AvgIpc) is 2.71. The number of halogens is 6. The van der Waals surface area contributed by atoms with Gasteiger partial charge in [0, 0.05) is 5.56 Å². The van der Waals surface area contributed by atoms with E-state index < -0.39 is 23.5 Å². The predicted octanol–water partition coefficient (Wildman–Crippen LogP) is 5.60. The van der Waals surface area contributed by atoms with E-state index in [1.165, 1.54) is 0 Å². The lowest BCUT2D eigenvalue weighted by atomic mass is 9.91. The topological polar surface area (TPSA) is 51.0 Å². The van der Waals surface area contributed by atoms with E-state index >= 15 is 0 Å². The molecule has 1 N–H and O–H groups in total. The van der Waals surface area contributed by atoms with Gasteiger partial charge in [-0.1, -0.05) is 61.0 Å². The summed E-state index contributed by atoms with van der Waals surface area (Å²) in [4.78, 5) is 5.18. The van der Waals surface area contributed by atoms with Crippen LogP contribution in [0.1, 0.15) is 30.9 Å². The Hall–Kier alpha value is -2.75. The molecule has 2 rings (SSSR count). The van der Waals surface area contributed by atoms with Gasteiger partial charge in [0.2, 0.25) is 0 Å². The van der Waals surface area contributed by atoms with Gasteiger partial charge in [0.15, 0.2) is 6.61 Å². The van der Waals surface area contributed by atoms with Crippen LogP contribution in [0.5, 0.6) is 5.75 Å². The van der Waals surface area contributed by atoms with Gasteiger partial charge in [0.05, 0.1) is 5.71 Å². The molecular formula is C21H21F6NO3. The third-order valence-corrected chi connectivity index (χ3v) is 4.30. The molecule has 0 aliphatic heterocycles. The van der Waals surface area contributed by atoms with Crippen LogP contribution < -0.4 is 4.74 Å². The van der Waals surface area contributed by atoms with Gasteiger partial charge < -0.3 is 14.7 Å². The molecule has 0 amide bonds. The van der Waals surface area contributed by atoms with Crippen LogP contribution >= 0.6 is 0 Å². The van der Waals surface area contributed by atoms with Crippen molar-refractivity contribution in [3.8, 4) is 5.75 Å². The summed E-state index contributed by atoms with van der Waals surface area (Å²) < 4.78 is 83.4. The number of hydrogen-bond donors (Lipinski definition) is 1. The normalized spacial score (nSPS) is 13.2. The molecule has 0 bridgehead atoms. The van der Waals surface area contributed by atoms with Crippen LogP contribution in [0.15, 0.2) is 59.8 Å². The number of benzene rings is 2. The Kier molecular flexibility index (Phi) is 7.94. The first-order chi connectivity index (χ1) is 14.5. The molecule has 0 heterocycles. The summed E-state index contributed by atoms with van der Waals surface area (Å²) in [5.74, 6) is 0.640. The number of oxime groups is 1. The first kappa shape index (κ1) is 24.5. The second-order valence-corrected chi connectivity index (χ2v) is 6.57. The maximum atomic E-state index is 13.0. The van der Waals surface area contributed by atoms with Crippen LogP contribution in [-0.4, -0.2) is 36.4 Å². The zero-order valence-electron chi connectivity index (χ0n) is 16.5. The standard InChI is InChI=1S/C21H21F6NO3/c1-2-6-18(28-31-14-13-30-17-7-4-3-5-8-17)15-9-11-16(12-10-15)19(29,20(22,23)24)21(25,26)27/h3-5,7-12,29H,2,6,13-14H2,1H3. The molecule has 170 valence electrons. The van der Waals surface area contributed by atoms with E-state index in [2.05, 4.69) is 5.16 Å². The predicted molar refractivity (Wildman–Crippen MR) is 102 cm³/mol. The van der Waals surface area contributed by atoms with Crippen molar-refractivity contribution < 1.29 is 41.0 Å². The number of para-hydroxylation sites is 1. The minimum Gasteiger partial charge on any atom is -0.490 e. The number of rotatable bonds is 9. The lowest BCUT2D eigenvalue weighted by molar-refractivity contribution is -0.376. The molecule has 2 aromatic carbocycles. The molecule has 0 atom stereocenters. The second kappa shape index (κ2) is 10.0. The molecule has 31 heavy (non-hydrogen) atoms. The Morgan fingerprint density at radius 3 is 1.97 bits per heavy atom. The summed E-state index contributed by atoms with van der Waals surface area (Å²) in [5.41, 5.74) is -5.67. The summed E-state index contributed by atoms with van der Waals surface area (Å²) >= 11 is 0. The molecule has 0 aromatic heterocycles. The summed E-state index contributed by atoms with van der Waals surface area (Å²) in [7, 11) is 0. The molecule has 10 heteroatoms. The quantitative estimate of drug-likeness (QED) is 0.235. The van der Waals surface area contributed by atoms with Crippen LogP contribution in [-0.2, 0) is 10.4 Å². The molecule has 0 saturated heterocycles. The smallest absolute Gasteiger partial charge is 0.430 e. The van der Waals surface area contributed by atoms with Crippen molar-refractivity contribution in [2.24, 2.45) is 5.16 Å². The number of alkyl halides is 6. The van der Waals surface area contributed by atoms with Crippen LogP contribution in [0.25, 0.3) is 0 Å². The zero-order valence-corrected chi connectivity index (χ0v) is 16.5. The first-order valence-corrected chi connectivity index (χ1v) is 9.34. The minimum absolute atomic E-state index is 0.0854. The number of hydrogen-bond acceptors (Lipinski definition) is 4. The number of nitrogens with zero attached hydrogens (tertiary/aromatic N) is 1. The van der Waals surface area contributed by atoms with E-state index in [4.69, 9.17) is 9.57 Å². The maximum absolute atomic E-state index is 13.0. The lowest BCUT2D eigenvalue weighted by Gasteiger charge is -2.32. The Morgan fingerprint density at radius 2 is 1.45 bits per heavy atom. The van der Waals surface area contributed by atoms with Crippen molar-refractivity contribution >= 4 is 5.71 Å². The first-order valence-electron chi connectivity index (χ1n) is 9.34. The third-order valence-electron chi connectivity index (χ3n) is 4.30. The van der Waals surface area contributed by atoms with Crippen molar-refractivity contribution in [2.45, 2.75) is 37.7 Å². The molecule has 0 spiro atoms. The van der Waals surface area contributed by atoms with Gasteiger partial charge in [-0.05, 0) is 24.1 Å². The summed E-state index contributed by atoms with van der Waals surface area (Å²) in [6.07, 6.45) is -10.9. The minimum atomic E-state index is -5.94. The van der Waals surface area contributed by atoms with Crippen molar-refractivity contribution in [3.63, 3.8) is 0 Å². The van der Waals surface area contributed by atoms with Crippen molar-refractivity contribution in [1.82, 2.24) is 0 Å². The monoisotopic (exact) mass is 449 g/mol.